The number of halogens is 1. The van der Waals surface area contributed by atoms with Crippen molar-refractivity contribution in [1.82, 2.24) is 0 Å². The van der Waals surface area contributed by atoms with Crippen molar-refractivity contribution < 1.29 is 24.0 Å². The van der Waals surface area contributed by atoms with Crippen LogP contribution < -0.4 is 24.0 Å². The minimum absolute atomic E-state index is 0. The summed E-state index contributed by atoms with van der Waals surface area (Å²) in [5, 5.41) is 2.85. The molecule has 0 radical (unpaired) electrons. The normalized spacial score (nSPS) is 5.67. The van der Waals surface area contributed by atoms with Crippen molar-refractivity contribution >= 4 is 15.2 Å². The van der Waals surface area contributed by atoms with Crippen molar-refractivity contribution in [3.8, 4) is 0 Å². The van der Waals surface area contributed by atoms with Crippen LogP contribution in [0.3, 0.4) is 0 Å². The molecular formula is C4H10AlI. The molecule has 0 aliphatic heterocycles. The Labute approximate surface area is 63.4 Å². The topological polar surface area (TPSA) is 0 Å². The summed E-state index contributed by atoms with van der Waals surface area (Å²) in [6.45, 7) is 4.50. The van der Waals surface area contributed by atoms with Gasteiger partial charge in [-0.05, 0) is 0 Å². The van der Waals surface area contributed by atoms with Gasteiger partial charge in [-0.15, -0.1) is 0 Å². The number of rotatable bonds is 2. The fraction of sp³-hybridized carbons (Fsp3) is 1.00. The zero-order chi connectivity index (χ0) is 4.12. The third-order valence-electron chi connectivity index (χ3n) is 0.577. The van der Waals surface area contributed by atoms with E-state index in [9.17, 15) is 0 Å². The van der Waals surface area contributed by atoms with Gasteiger partial charge >= 0.3 is 39.6 Å². The van der Waals surface area contributed by atoms with E-state index in [0.717, 1.165) is 15.2 Å². The largest absolute Gasteiger partial charge is 1.00 e. The molecule has 0 aliphatic carbocycles. The average molecular weight is 212 g/mol. The van der Waals surface area contributed by atoms with Gasteiger partial charge in [0, 0.05) is 0 Å². The molecule has 0 heterocycles. The predicted octanol–water partition coefficient (Wildman–Crippen LogP) is -1.43. The Balaban J connectivity index is 0. The number of hydrogen-bond donors (Lipinski definition) is 0. The molecule has 0 bridgehead atoms. The van der Waals surface area contributed by atoms with Crippen LogP contribution >= 0.6 is 0 Å². The quantitative estimate of drug-likeness (QED) is 0.389. The van der Waals surface area contributed by atoms with Crippen LogP contribution in [-0.2, 0) is 0 Å². The first-order valence-electron chi connectivity index (χ1n) is 2.23. The van der Waals surface area contributed by atoms with Crippen molar-refractivity contribution in [2.45, 2.75) is 24.4 Å². The third-order valence-corrected chi connectivity index (χ3v) is 1.73. The van der Waals surface area contributed by atoms with Crippen molar-refractivity contribution in [2.24, 2.45) is 0 Å². The Morgan fingerprint density at radius 1 is 1.17 bits per heavy atom. The van der Waals surface area contributed by atoms with Gasteiger partial charge in [-0.3, -0.25) is 0 Å². The summed E-state index contributed by atoms with van der Waals surface area (Å²) in [6.07, 6.45) is 0. The van der Waals surface area contributed by atoms with Gasteiger partial charge in [0.05, 0.1) is 0 Å². The van der Waals surface area contributed by atoms with Crippen LogP contribution in [0, 0.1) is 0 Å². The molecule has 0 N–H and O–H groups in total. The van der Waals surface area contributed by atoms with Crippen molar-refractivity contribution in [3.63, 3.8) is 0 Å². The van der Waals surface area contributed by atoms with E-state index in [1.54, 1.807) is 0 Å². The van der Waals surface area contributed by atoms with Gasteiger partial charge in [-0.1, -0.05) is 0 Å². The zero-order valence-electron chi connectivity index (χ0n) is 4.37. The molecule has 0 aromatic rings. The fourth-order valence-electron chi connectivity index (χ4n) is 0.289. The van der Waals surface area contributed by atoms with E-state index in [-0.39, 0.29) is 24.0 Å². The van der Waals surface area contributed by atoms with Crippen molar-refractivity contribution in [3.05, 3.63) is 0 Å². The van der Waals surface area contributed by atoms with Gasteiger partial charge in [-0.25, -0.2) is 0 Å². The third kappa shape index (κ3) is 8.98. The van der Waals surface area contributed by atoms with E-state index in [1.807, 2.05) is 0 Å². The minimum Gasteiger partial charge on any atom is -1.00 e. The van der Waals surface area contributed by atoms with Crippen molar-refractivity contribution in [2.75, 3.05) is 0 Å². The first-order chi connectivity index (χ1) is 2.41. The first kappa shape index (κ1) is 10.3. The Kier molecular flexibility index (Phi) is 16.4. The summed E-state index contributed by atoms with van der Waals surface area (Å²) in [5.41, 5.74) is 0. The van der Waals surface area contributed by atoms with Crippen molar-refractivity contribution in [1.29, 1.82) is 0 Å². The van der Waals surface area contributed by atoms with Gasteiger partial charge < -0.3 is 24.0 Å². The van der Waals surface area contributed by atoms with Gasteiger partial charge in [0.2, 0.25) is 0 Å². The van der Waals surface area contributed by atoms with Crippen LogP contribution in [0.25, 0.3) is 0 Å². The van der Waals surface area contributed by atoms with Gasteiger partial charge in [0.25, 0.3) is 0 Å². The fourth-order valence-corrected chi connectivity index (χ4v) is 0.866. The Morgan fingerprint density at radius 2 is 1.50 bits per heavy atom. The molecule has 0 aliphatic rings. The van der Waals surface area contributed by atoms with Crippen LogP contribution in [0.1, 0.15) is 13.8 Å². The maximum Gasteiger partial charge on any atom is -1.00 e. The zero-order valence-corrected chi connectivity index (χ0v) is 7.68. The standard InChI is InChI=1S/2C2H5.Al.HI/c2*1-2;;/h2*1H2,2H3;;1H/q;;+1;/p-1. The molecule has 2 heteroatoms. The molecule has 36 valence electrons. The van der Waals surface area contributed by atoms with E-state index >= 15 is 0 Å². The molecule has 0 amide bonds. The SMILES string of the molecule is C[CH2][Al+][CH2]C.[I-]. The van der Waals surface area contributed by atoms with Crippen LogP contribution in [0.5, 0.6) is 0 Å². The molecule has 0 unspecified atom stereocenters. The van der Waals surface area contributed by atoms with Gasteiger partial charge in [0.1, 0.15) is 0 Å². The second kappa shape index (κ2) is 9.55. The maximum absolute atomic E-state index is 2.25. The van der Waals surface area contributed by atoms with Gasteiger partial charge in [-0.2, -0.15) is 0 Å². The summed E-state index contributed by atoms with van der Waals surface area (Å²) >= 11 is 0.815. The summed E-state index contributed by atoms with van der Waals surface area (Å²) in [6, 6.07) is 0. The second-order valence-corrected chi connectivity index (χ2v) is 3.32. The Morgan fingerprint density at radius 3 is 1.50 bits per heavy atom. The minimum atomic E-state index is 0. The monoisotopic (exact) mass is 212 g/mol. The van der Waals surface area contributed by atoms with Crippen LogP contribution in [-0.4, -0.2) is 15.2 Å². The van der Waals surface area contributed by atoms with Crippen LogP contribution in [0.4, 0.5) is 0 Å². The molecular weight excluding hydrogens is 202 g/mol. The summed E-state index contributed by atoms with van der Waals surface area (Å²) in [5.74, 6) is 0. The van der Waals surface area contributed by atoms with E-state index in [4.69, 9.17) is 0 Å². The van der Waals surface area contributed by atoms with E-state index in [0.29, 0.717) is 0 Å². The summed E-state index contributed by atoms with van der Waals surface area (Å²) in [4.78, 5) is 0. The van der Waals surface area contributed by atoms with Crippen LogP contribution in [0.15, 0.2) is 0 Å². The second-order valence-electron chi connectivity index (χ2n) is 1.11. The Bertz CT molecular complexity index is 15.0. The molecule has 0 atom stereocenters. The Hall–Kier alpha value is 1.26. The van der Waals surface area contributed by atoms with Crippen LogP contribution in [0.2, 0.25) is 10.6 Å². The molecule has 0 rings (SSSR count). The molecule has 6 heavy (non-hydrogen) atoms. The molecule has 0 spiro atoms. The number of hydrogen-bond acceptors (Lipinski definition) is 0. The smallest absolute Gasteiger partial charge is 1.00 e. The van der Waals surface area contributed by atoms with E-state index in [2.05, 4.69) is 13.8 Å². The molecule has 0 fully saturated rings. The molecule has 0 aromatic carbocycles. The summed E-state index contributed by atoms with van der Waals surface area (Å²) in [7, 11) is 0. The molecule has 0 aromatic heterocycles. The van der Waals surface area contributed by atoms with E-state index < -0.39 is 0 Å². The van der Waals surface area contributed by atoms with E-state index in [1.165, 1.54) is 10.6 Å². The van der Waals surface area contributed by atoms with Gasteiger partial charge in [0.15, 0.2) is 0 Å². The average Bonchev–Trinajstić information content (AvgIpc) is 1.41. The molecule has 0 saturated heterocycles. The molecule has 0 saturated carbocycles. The predicted molar refractivity (Wildman–Crippen MR) is 26.7 cm³/mol. The molecule has 0 nitrogen and oxygen atoms in total. The summed E-state index contributed by atoms with van der Waals surface area (Å²) < 4.78 is 0. The maximum atomic E-state index is 2.25. The first-order valence-corrected chi connectivity index (χ1v) is 3.86.